The number of rotatable bonds is 8. The van der Waals surface area contributed by atoms with Crippen LogP contribution in [0.4, 0.5) is 11.4 Å². The molecule has 3 aromatic carbocycles. The normalized spacial score (nSPS) is 11.1. The lowest BCUT2D eigenvalue weighted by Crippen LogP contribution is -2.16. The molecule has 5 aromatic rings. The molecule has 4 N–H and O–H groups in total. The Hall–Kier alpha value is -3.76. The highest BCUT2D eigenvalue weighted by Gasteiger charge is 2.11. The summed E-state index contributed by atoms with van der Waals surface area (Å²) in [5.74, 6) is 0.116. The standard InChI is InChI=1S/C25H22N6O2S2/c1-15-10-16(26-22(32)13-34-24-28-18-6-2-3-7-19(18)29-24)12-17(11-15)27-23(33)14-35-25-30-20-8-4-5-9-21(20)31-25/h2-12H,13-14H2,1H3,(H,26,32)(H,27,33)(H,28,29)(H,30,31). The Morgan fingerprint density at radius 3 is 1.66 bits per heavy atom. The first kappa shape index (κ1) is 23.0. The number of thioether (sulfide) groups is 2. The summed E-state index contributed by atoms with van der Waals surface area (Å²) in [6.45, 7) is 1.91. The maximum absolute atomic E-state index is 12.5. The monoisotopic (exact) mass is 502 g/mol. The number of benzene rings is 3. The molecule has 8 nitrogen and oxygen atoms in total. The summed E-state index contributed by atoms with van der Waals surface area (Å²) in [6, 6.07) is 21.0. The Morgan fingerprint density at radius 2 is 1.20 bits per heavy atom. The number of carbonyl (C=O) groups excluding carboxylic acids is 2. The maximum atomic E-state index is 12.5. The molecule has 2 amide bonds. The van der Waals surface area contributed by atoms with Crippen LogP contribution in [0.1, 0.15) is 5.56 Å². The van der Waals surface area contributed by atoms with Crippen molar-refractivity contribution >= 4 is 68.8 Å². The van der Waals surface area contributed by atoms with Crippen molar-refractivity contribution in [2.45, 2.75) is 17.2 Å². The van der Waals surface area contributed by atoms with Crippen LogP contribution in [0.15, 0.2) is 77.0 Å². The first-order chi connectivity index (χ1) is 17.0. The molecule has 0 saturated heterocycles. The van der Waals surface area contributed by atoms with Crippen LogP contribution in [0.3, 0.4) is 0 Å². The average Bonchev–Trinajstić information content (AvgIpc) is 3.44. The Labute approximate surface area is 209 Å². The Morgan fingerprint density at radius 1 is 0.743 bits per heavy atom. The van der Waals surface area contributed by atoms with Crippen molar-refractivity contribution in [3.63, 3.8) is 0 Å². The molecule has 0 radical (unpaired) electrons. The van der Waals surface area contributed by atoms with Crippen molar-refractivity contribution in [1.82, 2.24) is 19.9 Å². The number of anilines is 2. The molecule has 10 heteroatoms. The lowest BCUT2D eigenvalue weighted by molar-refractivity contribution is -0.114. The number of H-pyrrole nitrogens is 2. The summed E-state index contributed by atoms with van der Waals surface area (Å²) in [6.07, 6.45) is 0. The molecule has 0 bridgehead atoms. The maximum Gasteiger partial charge on any atom is 0.234 e. The van der Waals surface area contributed by atoms with Gasteiger partial charge in [-0.05, 0) is 55.0 Å². The zero-order chi connectivity index (χ0) is 24.2. The Kier molecular flexibility index (Phi) is 6.73. The van der Waals surface area contributed by atoms with Crippen molar-refractivity contribution in [3.8, 4) is 0 Å². The molecule has 35 heavy (non-hydrogen) atoms. The third kappa shape index (κ3) is 5.84. The van der Waals surface area contributed by atoms with E-state index in [1.165, 1.54) is 23.5 Å². The minimum Gasteiger partial charge on any atom is -0.333 e. The summed E-state index contributed by atoms with van der Waals surface area (Å²) in [4.78, 5) is 40.4. The van der Waals surface area contributed by atoms with E-state index in [4.69, 9.17) is 0 Å². The molecular formula is C25H22N6O2S2. The number of aromatic amines is 2. The van der Waals surface area contributed by atoms with Crippen LogP contribution in [-0.4, -0.2) is 43.3 Å². The van der Waals surface area contributed by atoms with Gasteiger partial charge in [0.1, 0.15) is 0 Å². The summed E-state index contributed by atoms with van der Waals surface area (Å²) in [5, 5.41) is 7.19. The Bertz CT molecular complexity index is 1350. The van der Waals surface area contributed by atoms with Gasteiger partial charge in [0.15, 0.2) is 10.3 Å². The second kappa shape index (κ2) is 10.2. The van der Waals surface area contributed by atoms with E-state index in [0.717, 1.165) is 27.6 Å². The molecule has 0 spiro atoms. The van der Waals surface area contributed by atoms with Gasteiger partial charge in [0, 0.05) is 11.4 Å². The topological polar surface area (TPSA) is 116 Å². The highest BCUT2D eigenvalue weighted by Crippen LogP contribution is 2.23. The van der Waals surface area contributed by atoms with Gasteiger partial charge in [-0.15, -0.1) is 0 Å². The lowest BCUT2D eigenvalue weighted by Gasteiger charge is -2.10. The number of carbonyl (C=O) groups is 2. The van der Waals surface area contributed by atoms with Crippen molar-refractivity contribution < 1.29 is 9.59 Å². The van der Waals surface area contributed by atoms with E-state index in [1.54, 1.807) is 6.07 Å². The molecule has 0 saturated carbocycles. The van der Waals surface area contributed by atoms with Gasteiger partial charge in [0.05, 0.1) is 33.6 Å². The minimum atomic E-state index is -0.154. The van der Waals surface area contributed by atoms with E-state index in [-0.39, 0.29) is 23.3 Å². The van der Waals surface area contributed by atoms with E-state index >= 15 is 0 Å². The second-order valence-electron chi connectivity index (χ2n) is 7.88. The smallest absolute Gasteiger partial charge is 0.234 e. The van der Waals surface area contributed by atoms with E-state index < -0.39 is 0 Å². The quantitative estimate of drug-likeness (QED) is 0.217. The number of aromatic nitrogens is 4. The third-order valence-corrected chi connectivity index (χ3v) is 6.81. The third-order valence-electron chi connectivity index (χ3n) is 5.06. The molecule has 0 fully saturated rings. The fourth-order valence-electron chi connectivity index (χ4n) is 3.58. The van der Waals surface area contributed by atoms with E-state index in [1.807, 2.05) is 67.6 Å². The van der Waals surface area contributed by atoms with Gasteiger partial charge in [0.2, 0.25) is 11.8 Å². The lowest BCUT2D eigenvalue weighted by atomic mass is 10.2. The van der Waals surface area contributed by atoms with E-state index in [9.17, 15) is 9.59 Å². The molecular weight excluding hydrogens is 480 g/mol. The molecule has 176 valence electrons. The molecule has 0 unspecified atom stereocenters. The number of para-hydroxylation sites is 4. The highest BCUT2D eigenvalue weighted by atomic mass is 32.2. The van der Waals surface area contributed by atoms with Gasteiger partial charge in [-0.2, -0.15) is 0 Å². The van der Waals surface area contributed by atoms with Gasteiger partial charge in [-0.1, -0.05) is 47.8 Å². The van der Waals surface area contributed by atoms with Crippen molar-refractivity contribution in [3.05, 3.63) is 72.3 Å². The van der Waals surface area contributed by atoms with Crippen LogP contribution in [0.2, 0.25) is 0 Å². The number of aryl methyl sites for hydroxylation is 1. The van der Waals surface area contributed by atoms with Crippen molar-refractivity contribution in [1.29, 1.82) is 0 Å². The molecule has 5 rings (SSSR count). The van der Waals surface area contributed by atoms with Crippen LogP contribution in [0.25, 0.3) is 22.1 Å². The number of imidazole rings is 2. The number of nitrogens with one attached hydrogen (secondary N) is 4. The Balaban J connectivity index is 1.15. The van der Waals surface area contributed by atoms with Crippen LogP contribution < -0.4 is 10.6 Å². The SMILES string of the molecule is Cc1cc(NC(=O)CSc2nc3ccccc3[nH]2)cc(NC(=O)CSc2nc3ccccc3[nH]2)c1. The molecule has 0 aliphatic rings. The van der Waals surface area contributed by atoms with E-state index in [2.05, 4.69) is 30.6 Å². The van der Waals surface area contributed by atoms with Gasteiger partial charge >= 0.3 is 0 Å². The summed E-state index contributed by atoms with van der Waals surface area (Å²) in [5.41, 5.74) is 5.79. The van der Waals surface area contributed by atoms with Crippen LogP contribution in [0.5, 0.6) is 0 Å². The number of nitrogens with zero attached hydrogens (tertiary/aromatic N) is 2. The van der Waals surface area contributed by atoms with E-state index in [0.29, 0.717) is 21.7 Å². The first-order valence-corrected chi connectivity index (χ1v) is 12.9. The molecule has 0 aliphatic heterocycles. The molecule has 0 aliphatic carbocycles. The fourth-order valence-corrected chi connectivity index (χ4v) is 4.95. The molecule has 0 atom stereocenters. The largest absolute Gasteiger partial charge is 0.333 e. The minimum absolute atomic E-state index is 0.154. The zero-order valence-electron chi connectivity index (χ0n) is 18.8. The zero-order valence-corrected chi connectivity index (χ0v) is 20.4. The predicted octanol–water partition coefficient (Wildman–Crippen LogP) is 5.21. The molecule has 2 aromatic heterocycles. The van der Waals surface area contributed by atoms with Gasteiger partial charge in [0.25, 0.3) is 0 Å². The summed E-state index contributed by atoms with van der Waals surface area (Å²) in [7, 11) is 0. The van der Waals surface area contributed by atoms with Crippen molar-refractivity contribution in [2.75, 3.05) is 22.1 Å². The molecule has 2 heterocycles. The number of hydrogen-bond acceptors (Lipinski definition) is 6. The average molecular weight is 503 g/mol. The first-order valence-electron chi connectivity index (χ1n) is 10.9. The van der Waals surface area contributed by atoms with Crippen molar-refractivity contribution in [2.24, 2.45) is 0 Å². The number of hydrogen-bond donors (Lipinski definition) is 4. The summed E-state index contributed by atoms with van der Waals surface area (Å²) >= 11 is 2.68. The predicted molar refractivity (Wildman–Crippen MR) is 142 cm³/mol. The highest BCUT2D eigenvalue weighted by molar-refractivity contribution is 8.00. The van der Waals surface area contributed by atoms with Crippen LogP contribution >= 0.6 is 23.5 Å². The fraction of sp³-hybridized carbons (Fsp3) is 0.120. The van der Waals surface area contributed by atoms with Gasteiger partial charge in [-0.25, -0.2) is 9.97 Å². The second-order valence-corrected chi connectivity index (χ2v) is 9.81. The number of fused-ring (bicyclic) bond motifs is 2. The van der Waals surface area contributed by atoms with Gasteiger partial charge < -0.3 is 20.6 Å². The van der Waals surface area contributed by atoms with Crippen LogP contribution in [-0.2, 0) is 9.59 Å². The van der Waals surface area contributed by atoms with Crippen LogP contribution in [0, 0.1) is 6.92 Å². The number of amides is 2. The van der Waals surface area contributed by atoms with Gasteiger partial charge in [-0.3, -0.25) is 9.59 Å². The summed E-state index contributed by atoms with van der Waals surface area (Å²) < 4.78 is 0.